The van der Waals surface area contributed by atoms with Crippen LogP contribution in [-0.2, 0) is 13.5 Å². The van der Waals surface area contributed by atoms with E-state index in [1.165, 1.54) is 0 Å². The van der Waals surface area contributed by atoms with Crippen LogP contribution in [0.15, 0.2) is 12.4 Å². The number of hydrogen-bond acceptors (Lipinski definition) is 7. The van der Waals surface area contributed by atoms with Crippen molar-refractivity contribution in [3.8, 4) is 6.01 Å². The molecule has 20 heavy (non-hydrogen) atoms. The minimum Gasteiger partial charge on any atom is -0.463 e. The molecule has 2 aromatic heterocycles. The lowest BCUT2D eigenvalue weighted by Gasteiger charge is -2.07. The van der Waals surface area contributed by atoms with Gasteiger partial charge in [-0.2, -0.15) is 15.0 Å². The van der Waals surface area contributed by atoms with Crippen molar-refractivity contribution in [3.05, 3.63) is 18.2 Å². The van der Waals surface area contributed by atoms with Gasteiger partial charge in [0, 0.05) is 32.4 Å². The Hall–Kier alpha value is -2.38. The Labute approximate surface area is 117 Å². The maximum Gasteiger partial charge on any atom is 0.323 e. The predicted octanol–water partition coefficient (Wildman–Crippen LogP) is 0.631. The zero-order chi connectivity index (χ0) is 14.4. The van der Waals surface area contributed by atoms with Crippen LogP contribution in [0, 0.1) is 0 Å². The molecule has 0 radical (unpaired) electrons. The SMILES string of the molecule is CCCOc1nc(N)nc(NCCc2nccn2C)n1. The number of hydrogen-bond donors (Lipinski definition) is 2. The van der Waals surface area contributed by atoms with Gasteiger partial charge in [0.2, 0.25) is 11.9 Å². The third-order valence-electron chi connectivity index (χ3n) is 2.62. The first-order valence-corrected chi connectivity index (χ1v) is 6.53. The van der Waals surface area contributed by atoms with Crippen molar-refractivity contribution in [2.75, 3.05) is 24.2 Å². The number of aryl methyl sites for hydroxylation is 1. The number of imidazole rings is 1. The van der Waals surface area contributed by atoms with E-state index in [-0.39, 0.29) is 12.0 Å². The number of nitrogens with one attached hydrogen (secondary N) is 1. The van der Waals surface area contributed by atoms with Gasteiger partial charge in [-0.1, -0.05) is 6.92 Å². The van der Waals surface area contributed by atoms with Gasteiger partial charge in [-0.25, -0.2) is 4.98 Å². The molecule has 0 aliphatic rings. The molecule has 0 spiro atoms. The van der Waals surface area contributed by atoms with Crippen LogP contribution in [0.2, 0.25) is 0 Å². The fraction of sp³-hybridized carbons (Fsp3) is 0.500. The van der Waals surface area contributed by atoms with E-state index in [1.54, 1.807) is 6.20 Å². The van der Waals surface area contributed by atoms with E-state index < -0.39 is 0 Å². The van der Waals surface area contributed by atoms with E-state index in [4.69, 9.17) is 10.5 Å². The van der Waals surface area contributed by atoms with Gasteiger partial charge in [0.25, 0.3) is 0 Å². The minimum atomic E-state index is 0.144. The molecule has 0 saturated carbocycles. The maximum atomic E-state index is 5.62. The lowest BCUT2D eigenvalue weighted by molar-refractivity contribution is 0.292. The average molecular weight is 277 g/mol. The van der Waals surface area contributed by atoms with Gasteiger partial charge in [-0.15, -0.1) is 0 Å². The largest absolute Gasteiger partial charge is 0.463 e. The summed E-state index contributed by atoms with van der Waals surface area (Å²) >= 11 is 0. The Morgan fingerprint density at radius 1 is 1.35 bits per heavy atom. The Balaban J connectivity index is 1.91. The first-order valence-electron chi connectivity index (χ1n) is 6.53. The molecule has 0 saturated heterocycles. The molecule has 8 heteroatoms. The third kappa shape index (κ3) is 3.81. The summed E-state index contributed by atoms with van der Waals surface area (Å²) in [5.41, 5.74) is 5.62. The maximum absolute atomic E-state index is 5.62. The molecular formula is C12H19N7O. The Bertz CT molecular complexity index is 554. The van der Waals surface area contributed by atoms with Crippen LogP contribution in [0.3, 0.4) is 0 Å². The van der Waals surface area contributed by atoms with E-state index in [0.29, 0.717) is 19.1 Å². The van der Waals surface area contributed by atoms with Crippen molar-refractivity contribution in [1.82, 2.24) is 24.5 Å². The molecule has 108 valence electrons. The fourth-order valence-electron chi connectivity index (χ4n) is 1.63. The van der Waals surface area contributed by atoms with E-state index in [9.17, 15) is 0 Å². The summed E-state index contributed by atoms with van der Waals surface area (Å²) < 4.78 is 7.32. The van der Waals surface area contributed by atoms with Crippen LogP contribution in [0.5, 0.6) is 6.01 Å². The van der Waals surface area contributed by atoms with E-state index in [0.717, 1.165) is 18.7 Å². The van der Waals surface area contributed by atoms with E-state index in [2.05, 4.69) is 25.3 Å². The van der Waals surface area contributed by atoms with Crippen molar-refractivity contribution in [3.63, 3.8) is 0 Å². The molecule has 0 aliphatic heterocycles. The highest BCUT2D eigenvalue weighted by Gasteiger charge is 2.05. The van der Waals surface area contributed by atoms with Crippen LogP contribution < -0.4 is 15.8 Å². The molecule has 8 nitrogen and oxygen atoms in total. The summed E-state index contributed by atoms with van der Waals surface area (Å²) in [6.07, 6.45) is 5.33. The summed E-state index contributed by atoms with van der Waals surface area (Å²) in [5.74, 6) is 1.55. The Morgan fingerprint density at radius 3 is 2.90 bits per heavy atom. The van der Waals surface area contributed by atoms with Gasteiger partial charge >= 0.3 is 6.01 Å². The average Bonchev–Trinajstić information content (AvgIpc) is 2.82. The zero-order valence-corrected chi connectivity index (χ0v) is 11.7. The first kappa shape index (κ1) is 14.0. The molecule has 3 N–H and O–H groups in total. The van der Waals surface area contributed by atoms with Crippen LogP contribution in [0.25, 0.3) is 0 Å². The molecule has 0 amide bonds. The predicted molar refractivity (Wildman–Crippen MR) is 75.4 cm³/mol. The van der Waals surface area contributed by atoms with Crippen LogP contribution in [0.1, 0.15) is 19.2 Å². The summed E-state index contributed by atoms with van der Waals surface area (Å²) in [6.45, 7) is 3.22. The molecule has 0 aromatic carbocycles. The number of anilines is 2. The van der Waals surface area contributed by atoms with Crippen molar-refractivity contribution < 1.29 is 4.74 Å². The lowest BCUT2D eigenvalue weighted by atomic mass is 10.4. The van der Waals surface area contributed by atoms with Gasteiger partial charge < -0.3 is 20.4 Å². The zero-order valence-electron chi connectivity index (χ0n) is 11.7. The normalized spacial score (nSPS) is 10.5. The van der Waals surface area contributed by atoms with Crippen molar-refractivity contribution >= 4 is 11.9 Å². The van der Waals surface area contributed by atoms with Gasteiger partial charge in [-0.05, 0) is 6.42 Å². The number of aromatic nitrogens is 5. The van der Waals surface area contributed by atoms with Crippen LogP contribution in [0.4, 0.5) is 11.9 Å². The number of nitrogens with zero attached hydrogens (tertiary/aromatic N) is 5. The highest BCUT2D eigenvalue weighted by Crippen LogP contribution is 2.09. The van der Waals surface area contributed by atoms with E-state index in [1.807, 2.05) is 24.7 Å². The molecule has 0 bridgehead atoms. The van der Waals surface area contributed by atoms with Crippen molar-refractivity contribution in [2.45, 2.75) is 19.8 Å². The lowest BCUT2D eigenvalue weighted by Crippen LogP contribution is -2.13. The molecule has 0 atom stereocenters. The second-order valence-corrected chi connectivity index (χ2v) is 4.28. The second-order valence-electron chi connectivity index (χ2n) is 4.28. The molecule has 0 aliphatic carbocycles. The van der Waals surface area contributed by atoms with Crippen LogP contribution in [-0.4, -0.2) is 37.7 Å². The van der Waals surface area contributed by atoms with Gasteiger partial charge in [0.1, 0.15) is 5.82 Å². The minimum absolute atomic E-state index is 0.144. The Kier molecular flexibility index (Phi) is 4.70. The van der Waals surface area contributed by atoms with Gasteiger partial charge in [-0.3, -0.25) is 0 Å². The number of nitrogens with two attached hydrogens (primary N) is 1. The highest BCUT2D eigenvalue weighted by atomic mass is 16.5. The Morgan fingerprint density at radius 2 is 2.20 bits per heavy atom. The number of rotatable bonds is 7. The number of ether oxygens (including phenoxy) is 1. The highest BCUT2D eigenvalue weighted by molar-refractivity contribution is 5.32. The quantitative estimate of drug-likeness (QED) is 0.765. The first-order chi connectivity index (χ1) is 9.69. The number of nitrogen functional groups attached to an aromatic ring is 1. The van der Waals surface area contributed by atoms with Gasteiger partial charge in [0.15, 0.2) is 0 Å². The fourth-order valence-corrected chi connectivity index (χ4v) is 1.63. The summed E-state index contributed by atoms with van der Waals surface area (Å²) in [7, 11) is 1.96. The molecule has 0 fully saturated rings. The topological polar surface area (TPSA) is 104 Å². The van der Waals surface area contributed by atoms with Crippen molar-refractivity contribution in [1.29, 1.82) is 0 Å². The molecule has 2 rings (SSSR count). The van der Waals surface area contributed by atoms with Crippen molar-refractivity contribution in [2.24, 2.45) is 7.05 Å². The monoisotopic (exact) mass is 277 g/mol. The molecule has 0 unspecified atom stereocenters. The van der Waals surface area contributed by atoms with Crippen LogP contribution >= 0.6 is 0 Å². The third-order valence-corrected chi connectivity index (χ3v) is 2.62. The molecular weight excluding hydrogens is 258 g/mol. The molecule has 2 aromatic rings. The van der Waals surface area contributed by atoms with E-state index >= 15 is 0 Å². The summed E-state index contributed by atoms with van der Waals surface area (Å²) in [4.78, 5) is 16.3. The van der Waals surface area contributed by atoms with Gasteiger partial charge in [0.05, 0.1) is 6.61 Å². The molecule has 2 heterocycles. The second kappa shape index (κ2) is 6.69. The summed E-state index contributed by atoms with van der Waals surface area (Å²) in [6, 6.07) is 0.249. The summed E-state index contributed by atoms with van der Waals surface area (Å²) in [5, 5.41) is 3.09. The standard InChI is InChI=1S/C12H19N7O/c1-3-8-20-12-17-10(13)16-11(18-12)15-5-4-9-14-6-7-19(9)2/h6-7H,3-5,8H2,1-2H3,(H3,13,15,16,17,18). The smallest absolute Gasteiger partial charge is 0.323 e.